The summed E-state index contributed by atoms with van der Waals surface area (Å²) in [5, 5.41) is 4.15. The smallest absolute Gasteiger partial charge is 0.244 e. The van der Waals surface area contributed by atoms with Crippen molar-refractivity contribution in [1.29, 1.82) is 0 Å². The normalized spacial score (nSPS) is 12.9. The lowest BCUT2D eigenvalue weighted by atomic mass is 9.94. The summed E-state index contributed by atoms with van der Waals surface area (Å²) in [5.74, 6) is 0.655. The first-order valence-electron chi connectivity index (χ1n) is 13.1. The van der Waals surface area contributed by atoms with Crippen LogP contribution in [0.4, 0.5) is 0 Å². The van der Waals surface area contributed by atoms with Crippen LogP contribution in [-0.4, -0.2) is 43.6 Å². The molecule has 1 N–H and O–H groups in total. The van der Waals surface area contributed by atoms with Gasteiger partial charge in [-0.25, -0.2) is 0 Å². The Bertz CT molecular complexity index is 1230. The number of ether oxygens (including phenoxy) is 1. The maximum absolute atomic E-state index is 12.9. The fraction of sp³-hybridized carbons (Fsp3) is 0.452. The first-order valence-corrected chi connectivity index (χ1v) is 13.1. The molecule has 0 saturated carbocycles. The Morgan fingerprint density at radius 3 is 2.50 bits per heavy atom. The van der Waals surface area contributed by atoms with Crippen LogP contribution in [0, 0.1) is 20.8 Å². The molecule has 36 heavy (non-hydrogen) atoms. The highest BCUT2D eigenvalue weighted by Crippen LogP contribution is 2.41. The third-order valence-electron chi connectivity index (χ3n) is 7.09. The van der Waals surface area contributed by atoms with Crippen molar-refractivity contribution in [3.8, 4) is 16.9 Å². The molecule has 0 radical (unpaired) electrons. The highest BCUT2D eigenvalue weighted by atomic mass is 16.5. The molecular formula is C31H42N2O3. The monoisotopic (exact) mass is 490 g/mol. The minimum absolute atomic E-state index is 0.0792. The van der Waals surface area contributed by atoms with Crippen LogP contribution in [0.3, 0.4) is 0 Å². The Morgan fingerprint density at radius 2 is 1.86 bits per heavy atom. The number of nitrogens with zero attached hydrogens (tertiary/aromatic N) is 1. The Balaban J connectivity index is 1.87. The van der Waals surface area contributed by atoms with E-state index in [1.807, 2.05) is 20.1 Å². The minimum Gasteiger partial charge on any atom is -0.496 e. The van der Waals surface area contributed by atoms with Crippen molar-refractivity contribution in [3.63, 3.8) is 0 Å². The SMILES string of the molecule is CCN(CC)CCCC(C)NC(=O)/C=C(\C)c1cc2c(-c3ccc(C)cc3C)coc2c(C)c1OC. The molecule has 0 saturated heterocycles. The Labute approximate surface area is 216 Å². The molecule has 1 atom stereocenters. The van der Waals surface area contributed by atoms with E-state index in [2.05, 4.69) is 69.1 Å². The number of amides is 1. The molecule has 1 aromatic heterocycles. The van der Waals surface area contributed by atoms with E-state index in [0.717, 1.165) is 77.0 Å². The minimum atomic E-state index is -0.0792. The van der Waals surface area contributed by atoms with Gasteiger partial charge in [0, 0.05) is 34.2 Å². The topological polar surface area (TPSA) is 54.7 Å². The Morgan fingerprint density at radius 1 is 1.14 bits per heavy atom. The van der Waals surface area contributed by atoms with Gasteiger partial charge in [0.25, 0.3) is 0 Å². The van der Waals surface area contributed by atoms with Gasteiger partial charge in [-0.2, -0.15) is 0 Å². The van der Waals surface area contributed by atoms with Crippen LogP contribution in [0.15, 0.2) is 41.0 Å². The molecule has 3 rings (SSSR count). The number of nitrogens with one attached hydrogen (secondary N) is 1. The van der Waals surface area contributed by atoms with Gasteiger partial charge < -0.3 is 19.4 Å². The molecule has 5 nitrogen and oxygen atoms in total. The summed E-state index contributed by atoms with van der Waals surface area (Å²) in [6, 6.07) is 8.66. The predicted octanol–water partition coefficient (Wildman–Crippen LogP) is 7.06. The molecule has 3 aromatic rings. The van der Waals surface area contributed by atoms with Gasteiger partial charge in [-0.1, -0.05) is 37.6 Å². The van der Waals surface area contributed by atoms with Crippen molar-refractivity contribution >= 4 is 22.4 Å². The van der Waals surface area contributed by atoms with E-state index in [1.165, 1.54) is 11.1 Å². The first kappa shape index (κ1) is 27.5. The van der Waals surface area contributed by atoms with Gasteiger partial charge in [-0.05, 0) is 89.9 Å². The molecule has 0 bridgehead atoms. The van der Waals surface area contributed by atoms with Crippen LogP contribution in [0.1, 0.15) is 62.8 Å². The van der Waals surface area contributed by atoms with Gasteiger partial charge >= 0.3 is 0 Å². The fourth-order valence-corrected chi connectivity index (χ4v) is 4.99. The predicted molar refractivity (Wildman–Crippen MR) is 151 cm³/mol. The lowest BCUT2D eigenvalue weighted by Crippen LogP contribution is -2.32. The third-order valence-corrected chi connectivity index (χ3v) is 7.09. The second-order valence-corrected chi connectivity index (χ2v) is 9.83. The van der Waals surface area contributed by atoms with Gasteiger partial charge in [0.1, 0.15) is 11.3 Å². The molecule has 0 aliphatic heterocycles. The standard InChI is InChI=1S/C31H42N2O3/c1-9-33(10-2)15-11-12-23(6)32-29(34)17-22(5)26-18-27-28(25-14-13-20(3)16-21(25)4)19-36-31(27)24(7)30(26)35-8/h13-14,16-19,23H,9-12,15H2,1-8H3,(H,32,34)/b22-17+. The number of benzene rings is 2. The van der Waals surface area contributed by atoms with Crippen LogP contribution >= 0.6 is 0 Å². The zero-order chi connectivity index (χ0) is 26.4. The molecule has 2 aromatic carbocycles. The molecule has 0 aliphatic carbocycles. The maximum Gasteiger partial charge on any atom is 0.244 e. The summed E-state index contributed by atoms with van der Waals surface area (Å²) >= 11 is 0. The number of allylic oxidation sites excluding steroid dienone is 1. The van der Waals surface area contributed by atoms with E-state index >= 15 is 0 Å². The molecule has 0 fully saturated rings. The van der Waals surface area contributed by atoms with Gasteiger partial charge in [-0.3, -0.25) is 4.79 Å². The number of hydrogen-bond donors (Lipinski definition) is 1. The maximum atomic E-state index is 12.9. The van der Waals surface area contributed by atoms with E-state index in [-0.39, 0.29) is 11.9 Å². The summed E-state index contributed by atoms with van der Waals surface area (Å²) < 4.78 is 11.8. The Kier molecular flexibility index (Phi) is 9.38. The second-order valence-electron chi connectivity index (χ2n) is 9.83. The van der Waals surface area contributed by atoms with E-state index in [1.54, 1.807) is 13.2 Å². The number of aryl methyl sites for hydroxylation is 3. The zero-order valence-electron chi connectivity index (χ0n) is 23.2. The van der Waals surface area contributed by atoms with Gasteiger partial charge in [0.15, 0.2) is 0 Å². The van der Waals surface area contributed by atoms with Crippen LogP contribution in [0.2, 0.25) is 0 Å². The van der Waals surface area contributed by atoms with Crippen molar-refractivity contribution in [1.82, 2.24) is 10.2 Å². The summed E-state index contributed by atoms with van der Waals surface area (Å²) in [5.41, 5.74) is 8.13. The fourth-order valence-electron chi connectivity index (χ4n) is 4.99. The van der Waals surface area contributed by atoms with Crippen LogP contribution in [-0.2, 0) is 4.79 Å². The molecule has 1 heterocycles. The molecule has 0 aliphatic rings. The average Bonchev–Trinajstić information content (AvgIpc) is 3.25. The molecular weight excluding hydrogens is 448 g/mol. The molecule has 0 spiro atoms. The van der Waals surface area contributed by atoms with Crippen LogP contribution in [0.5, 0.6) is 5.75 Å². The van der Waals surface area contributed by atoms with Crippen LogP contribution in [0.25, 0.3) is 27.7 Å². The zero-order valence-corrected chi connectivity index (χ0v) is 23.2. The lowest BCUT2D eigenvalue weighted by molar-refractivity contribution is -0.117. The number of carbonyl (C=O) groups is 1. The van der Waals surface area contributed by atoms with E-state index in [4.69, 9.17) is 9.15 Å². The number of fused-ring (bicyclic) bond motifs is 1. The summed E-state index contributed by atoms with van der Waals surface area (Å²) in [7, 11) is 1.66. The van der Waals surface area contributed by atoms with Crippen molar-refractivity contribution in [2.75, 3.05) is 26.7 Å². The largest absolute Gasteiger partial charge is 0.496 e. The first-order chi connectivity index (χ1) is 17.2. The highest BCUT2D eigenvalue weighted by molar-refractivity contribution is 6.02. The number of furan rings is 1. The Hall–Kier alpha value is -3.05. The summed E-state index contributed by atoms with van der Waals surface area (Å²) in [4.78, 5) is 15.3. The number of rotatable bonds is 11. The molecule has 194 valence electrons. The molecule has 1 amide bonds. The van der Waals surface area contributed by atoms with Crippen molar-refractivity contribution < 1.29 is 13.9 Å². The summed E-state index contributed by atoms with van der Waals surface area (Å²) in [6.07, 6.45) is 5.53. The van der Waals surface area contributed by atoms with Gasteiger partial charge in [-0.15, -0.1) is 0 Å². The number of hydrogen-bond acceptors (Lipinski definition) is 4. The highest BCUT2D eigenvalue weighted by Gasteiger charge is 2.19. The number of carbonyl (C=O) groups excluding carboxylic acids is 1. The van der Waals surface area contributed by atoms with Crippen molar-refractivity contribution in [3.05, 3.63) is 58.9 Å². The van der Waals surface area contributed by atoms with Gasteiger partial charge in [0.05, 0.1) is 13.4 Å². The van der Waals surface area contributed by atoms with Gasteiger partial charge in [0.2, 0.25) is 5.91 Å². The van der Waals surface area contributed by atoms with Crippen LogP contribution < -0.4 is 10.1 Å². The lowest BCUT2D eigenvalue weighted by Gasteiger charge is -2.19. The molecule has 1 unspecified atom stereocenters. The third kappa shape index (κ3) is 6.19. The van der Waals surface area contributed by atoms with Crippen molar-refractivity contribution in [2.45, 2.75) is 67.3 Å². The van der Waals surface area contributed by atoms with E-state index in [9.17, 15) is 4.79 Å². The quantitative estimate of drug-likeness (QED) is 0.292. The molecule has 5 heteroatoms. The van der Waals surface area contributed by atoms with E-state index in [0.29, 0.717) is 0 Å². The van der Waals surface area contributed by atoms with Crippen molar-refractivity contribution in [2.24, 2.45) is 0 Å². The number of methoxy groups -OCH3 is 1. The average molecular weight is 491 g/mol. The summed E-state index contributed by atoms with van der Waals surface area (Å²) in [6.45, 7) is 17.8. The van der Waals surface area contributed by atoms with E-state index < -0.39 is 0 Å². The second kappa shape index (κ2) is 12.3.